The number of urea groups is 1. The predicted molar refractivity (Wildman–Crippen MR) is 108 cm³/mol. The van der Waals surface area contributed by atoms with Gasteiger partial charge in [-0.15, -0.1) is 0 Å². The van der Waals surface area contributed by atoms with E-state index in [0.29, 0.717) is 37.4 Å². The van der Waals surface area contributed by atoms with E-state index in [9.17, 15) is 9.59 Å². The summed E-state index contributed by atoms with van der Waals surface area (Å²) in [5, 5.41) is 12.1. The summed E-state index contributed by atoms with van der Waals surface area (Å²) in [6, 6.07) is 14.9. The van der Waals surface area contributed by atoms with Crippen molar-refractivity contribution in [3.8, 4) is 11.5 Å². The lowest BCUT2D eigenvalue weighted by Gasteiger charge is -2.26. The minimum absolute atomic E-state index is 0.00602. The van der Waals surface area contributed by atoms with Crippen LogP contribution in [0.2, 0.25) is 0 Å². The van der Waals surface area contributed by atoms with Gasteiger partial charge in [0.05, 0.1) is 0 Å². The van der Waals surface area contributed by atoms with Crippen LogP contribution in [-0.4, -0.2) is 41.4 Å². The van der Waals surface area contributed by atoms with Crippen molar-refractivity contribution in [1.29, 1.82) is 0 Å². The van der Waals surface area contributed by atoms with E-state index < -0.39 is 5.97 Å². The molecule has 7 nitrogen and oxygen atoms in total. The molecular formula is C22H26N2O5. The zero-order valence-electron chi connectivity index (χ0n) is 16.5. The molecule has 0 aromatic heterocycles. The maximum Gasteiger partial charge on any atom is 0.317 e. The Morgan fingerprint density at radius 3 is 2.59 bits per heavy atom. The highest BCUT2D eigenvalue weighted by Crippen LogP contribution is 2.32. The Morgan fingerprint density at radius 2 is 1.86 bits per heavy atom. The van der Waals surface area contributed by atoms with Crippen LogP contribution in [0.5, 0.6) is 11.5 Å². The number of carbonyl (C=O) groups is 2. The molecule has 0 aliphatic carbocycles. The molecule has 2 N–H and O–H groups in total. The highest BCUT2D eigenvalue weighted by atomic mass is 16.7. The van der Waals surface area contributed by atoms with Gasteiger partial charge in [0.2, 0.25) is 6.79 Å². The third-order valence-corrected chi connectivity index (χ3v) is 4.84. The molecule has 0 radical (unpaired) electrons. The van der Waals surface area contributed by atoms with E-state index in [0.717, 1.165) is 11.1 Å². The van der Waals surface area contributed by atoms with Gasteiger partial charge in [-0.1, -0.05) is 36.4 Å². The molecule has 1 aliphatic rings. The number of ether oxygens (including phenoxy) is 2. The van der Waals surface area contributed by atoms with Crippen LogP contribution >= 0.6 is 0 Å². The number of amides is 2. The predicted octanol–water partition coefficient (Wildman–Crippen LogP) is 3.42. The number of hydrogen-bond donors (Lipinski definition) is 2. The number of hydrogen-bond acceptors (Lipinski definition) is 4. The smallest absolute Gasteiger partial charge is 0.317 e. The molecule has 0 spiro atoms. The maximum atomic E-state index is 12.9. The van der Waals surface area contributed by atoms with Crippen LogP contribution in [0.3, 0.4) is 0 Å². The zero-order valence-corrected chi connectivity index (χ0v) is 16.5. The fourth-order valence-corrected chi connectivity index (χ4v) is 3.27. The van der Waals surface area contributed by atoms with Gasteiger partial charge in [-0.2, -0.15) is 0 Å². The number of carboxylic acid groups (broad SMARTS) is 1. The Bertz CT molecular complexity index is 840. The standard InChI is InChI=1S/C22H26N2O5/c1-2-24(14-17-8-10-19-20(13-17)29-15-28-19)22(27)23-18(9-11-21(25)26)12-16-6-4-3-5-7-16/h3-8,10,13,18H,2,9,11-12,14-15H2,1H3,(H,23,27)(H,25,26). The SMILES string of the molecule is CCN(Cc1ccc2c(c1)OCO2)C(=O)NC(CCC(=O)O)Cc1ccccc1. The summed E-state index contributed by atoms with van der Waals surface area (Å²) in [5.74, 6) is 0.519. The van der Waals surface area contributed by atoms with Crippen molar-refractivity contribution >= 4 is 12.0 Å². The van der Waals surface area contributed by atoms with Crippen LogP contribution in [0.4, 0.5) is 4.79 Å². The molecule has 0 bridgehead atoms. The number of nitrogens with one attached hydrogen (secondary N) is 1. The molecular weight excluding hydrogens is 372 g/mol. The van der Waals surface area contributed by atoms with E-state index >= 15 is 0 Å². The number of rotatable bonds is 9. The van der Waals surface area contributed by atoms with Crippen molar-refractivity contribution in [2.45, 2.75) is 38.8 Å². The van der Waals surface area contributed by atoms with Gasteiger partial charge < -0.3 is 24.8 Å². The van der Waals surface area contributed by atoms with Gasteiger partial charge in [-0.25, -0.2) is 4.79 Å². The molecule has 1 heterocycles. The first-order chi connectivity index (χ1) is 14.0. The number of fused-ring (bicyclic) bond motifs is 1. The number of nitrogens with zero attached hydrogens (tertiary/aromatic N) is 1. The van der Waals surface area contributed by atoms with Gasteiger partial charge in [0.15, 0.2) is 11.5 Å². The fourth-order valence-electron chi connectivity index (χ4n) is 3.27. The molecule has 3 rings (SSSR count). The van der Waals surface area contributed by atoms with Gasteiger partial charge >= 0.3 is 12.0 Å². The second kappa shape index (κ2) is 9.82. The second-order valence-electron chi connectivity index (χ2n) is 6.97. The number of aliphatic carboxylic acids is 1. The summed E-state index contributed by atoms with van der Waals surface area (Å²) in [7, 11) is 0. The fraction of sp³-hybridized carbons (Fsp3) is 0.364. The molecule has 2 amide bonds. The van der Waals surface area contributed by atoms with Crippen LogP contribution in [-0.2, 0) is 17.8 Å². The van der Waals surface area contributed by atoms with Gasteiger partial charge in [0.25, 0.3) is 0 Å². The zero-order chi connectivity index (χ0) is 20.6. The van der Waals surface area contributed by atoms with Gasteiger partial charge in [0, 0.05) is 25.6 Å². The number of carboxylic acids is 1. The van der Waals surface area contributed by atoms with Gasteiger partial charge in [-0.05, 0) is 43.0 Å². The van der Waals surface area contributed by atoms with Crippen molar-refractivity contribution in [1.82, 2.24) is 10.2 Å². The summed E-state index contributed by atoms with van der Waals surface area (Å²) in [6.45, 7) is 3.07. The Kier molecular flexibility index (Phi) is 6.94. The largest absolute Gasteiger partial charge is 0.481 e. The first kappa shape index (κ1) is 20.5. The number of carbonyl (C=O) groups excluding carboxylic acids is 1. The molecule has 0 saturated carbocycles. The van der Waals surface area contributed by atoms with Crippen molar-refractivity contribution in [3.05, 3.63) is 59.7 Å². The van der Waals surface area contributed by atoms with Crippen LogP contribution in [0, 0.1) is 0 Å². The minimum Gasteiger partial charge on any atom is -0.481 e. The average Bonchev–Trinajstić information content (AvgIpc) is 3.18. The average molecular weight is 398 g/mol. The molecule has 29 heavy (non-hydrogen) atoms. The quantitative estimate of drug-likeness (QED) is 0.676. The van der Waals surface area contributed by atoms with Crippen LogP contribution in [0.25, 0.3) is 0 Å². The van der Waals surface area contributed by atoms with Crippen molar-refractivity contribution < 1.29 is 24.2 Å². The first-order valence-corrected chi connectivity index (χ1v) is 9.75. The van der Waals surface area contributed by atoms with Crippen molar-refractivity contribution in [2.24, 2.45) is 0 Å². The summed E-state index contributed by atoms with van der Waals surface area (Å²) >= 11 is 0. The van der Waals surface area contributed by atoms with Crippen molar-refractivity contribution in [3.63, 3.8) is 0 Å². The Labute approximate surface area is 170 Å². The van der Waals surface area contributed by atoms with E-state index in [2.05, 4.69) is 5.32 Å². The van der Waals surface area contributed by atoms with E-state index in [1.54, 1.807) is 4.90 Å². The lowest BCUT2D eigenvalue weighted by atomic mass is 10.0. The summed E-state index contributed by atoms with van der Waals surface area (Å²) < 4.78 is 10.7. The lowest BCUT2D eigenvalue weighted by molar-refractivity contribution is -0.137. The monoisotopic (exact) mass is 398 g/mol. The Hall–Kier alpha value is -3.22. The molecule has 1 unspecified atom stereocenters. The van der Waals surface area contributed by atoms with E-state index in [1.807, 2.05) is 55.5 Å². The molecule has 7 heteroatoms. The molecule has 154 valence electrons. The minimum atomic E-state index is -0.870. The number of benzene rings is 2. The molecule has 2 aromatic rings. The summed E-state index contributed by atoms with van der Waals surface area (Å²) in [6.07, 6.45) is 0.963. The third kappa shape index (κ3) is 5.88. The van der Waals surface area contributed by atoms with E-state index in [4.69, 9.17) is 14.6 Å². The Morgan fingerprint density at radius 1 is 1.10 bits per heavy atom. The summed E-state index contributed by atoms with van der Waals surface area (Å²) in [5.41, 5.74) is 2.00. The molecule has 2 aromatic carbocycles. The molecule has 1 atom stereocenters. The molecule has 1 aliphatic heterocycles. The molecule has 0 fully saturated rings. The lowest BCUT2D eigenvalue weighted by Crippen LogP contribution is -2.45. The van der Waals surface area contributed by atoms with Gasteiger partial charge in [-0.3, -0.25) is 4.79 Å². The maximum absolute atomic E-state index is 12.9. The Balaban J connectivity index is 1.64. The van der Waals surface area contributed by atoms with Crippen LogP contribution < -0.4 is 14.8 Å². The molecule has 0 saturated heterocycles. The third-order valence-electron chi connectivity index (χ3n) is 4.84. The highest BCUT2D eigenvalue weighted by molar-refractivity contribution is 5.75. The van der Waals surface area contributed by atoms with E-state index in [1.165, 1.54) is 0 Å². The highest BCUT2D eigenvalue weighted by Gasteiger charge is 2.20. The normalized spacial score (nSPS) is 13.0. The van der Waals surface area contributed by atoms with Crippen LogP contribution in [0.15, 0.2) is 48.5 Å². The van der Waals surface area contributed by atoms with Crippen LogP contribution in [0.1, 0.15) is 30.9 Å². The first-order valence-electron chi connectivity index (χ1n) is 9.75. The summed E-state index contributed by atoms with van der Waals surface area (Å²) in [4.78, 5) is 25.6. The second-order valence-corrected chi connectivity index (χ2v) is 6.97. The van der Waals surface area contributed by atoms with Gasteiger partial charge in [0.1, 0.15) is 0 Å². The topological polar surface area (TPSA) is 88.1 Å². The van der Waals surface area contributed by atoms with Crippen molar-refractivity contribution in [2.75, 3.05) is 13.3 Å². The van der Waals surface area contributed by atoms with E-state index in [-0.39, 0.29) is 25.3 Å².